The number of benzene rings is 1. The Bertz CT molecular complexity index is 791. The fourth-order valence-electron chi connectivity index (χ4n) is 3.13. The quantitative estimate of drug-likeness (QED) is 0.808. The van der Waals surface area contributed by atoms with E-state index < -0.39 is 0 Å². The van der Waals surface area contributed by atoms with Crippen LogP contribution in [0.25, 0.3) is 0 Å². The van der Waals surface area contributed by atoms with Crippen LogP contribution in [0.2, 0.25) is 5.02 Å². The number of hydrogen-bond acceptors (Lipinski definition) is 5. The Kier molecular flexibility index (Phi) is 5.93. The van der Waals surface area contributed by atoms with Gasteiger partial charge in [0.1, 0.15) is 23.6 Å². The first-order valence-corrected chi connectivity index (χ1v) is 9.18. The second kappa shape index (κ2) is 8.36. The molecule has 138 valence electrons. The molecule has 1 fully saturated rings. The third kappa shape index (κ3) is 4.43. The maximum atomic E-state index is 12.6. The highest BCUT2D eigenvalue weighted by atomic mass is 35.5. The van der Waals surface area contributed by atoms with Crippen molar-refractivity contribution < 1.29 is 9.53 Å². The van der Waals surface area contributed by atoms with Gasteiger partial charge in [-0.05, 0) is 31.4 Å². The maximum absolute atomic E-state index is 12.6. The van der Waals surface area contributed by atoms with Crippen molar-refractivity contribution in [3.05, 3.63) is 40.8 Å². The highest BCUT2D eigenvalue weighted by molar-refractivity contribution is 6.31. The lowest BCUT2D eigenvalue weighted by Crippen LogP contribution is -2.23. The molecular formula is C19H23ClN4O2. The van der Waals surface area contributed by atoms with E-state index in [0.29, 0.717) is 34.0 Å². The van der Waals surface area contributed by atoms with Crippen LogP contribution in [0.3, 0.4) is 0 Å². The van der Waals surface area contributed by atoms with Gasteiger partial charge in [0, 0.05) is 23.2 Å². The minimum Gasteiger partial charge on any atom is -0.495 e. The Morgan fingerprint density at radius 1 is 1.19 bits per heavy atom. The number of nitrogens with one attached hydrogen (secondary N) is 2. The van der Waals surface area contributed by atoms with Gasteiger partial charge in [-0.1, -0.05) is 30.9 Å². The number of anilines is 2. The second-order valence-corrected chi connectivity index (χ2v) is 6.93. The van der Waals surface area contributed by atoms with E-state index >= 15 is 0 Å². The molecule has 0 radical (unpaired) electrons. The van der Waals surface area contributed by atoms with Crippen LogP contribution < -0.4 is 15.4 Å². The van der Waals surface area contributed by atoms with Crippen molar-refractivity contribution in [1.82, 2.24) is 9.97 Å². The van der Waals surface area contributed by atoms with Crippen LogP contribution in [0.1, 0.15) is 48.2 Å². The lowest BCUT2D eigenvalue weighted by Gasteiger charge is -2.23. The fraction of sp³-hybridized carbons (Fsp3) is 0.421. The van der Waals surface area contributed by atoms with Crippen LogP contribution in [-0.2, 0) is 0 Å². The van der Waals surface area contributed by atoms with E-state index in [9.17, 15) is 4.79 Å². The molecule has 1 aromatic carbocycles. The predicted octanol–water partition coefficient (Wildman–Crippen LogP) is 4.44. The Balaban J connectivity index is 1.74. The van der Waals surface area contributed by atoms with Gasteiger partial charge in [-0.15, -0.1) is 0 Å². The zero-order valence-electron chi connectivity index (χ0n) is 15.0. The highest BCUT2D eigenvalue weighted by Gasteiger charge is 2.16. The Hall–Kier alpha value is -2.34. The molecule has 26 heavy (non-hydrogen) atoms. The van der Waals surface area contributed by atoms with Crippen LogP contribution >= 0.6 is 11.6 Å². The number of carbonyl (C=O) groups excluding carboxylic acids is 1. The zero-order valence-corrected chi connectivity index (χ0v) is 15.8. The average Bonchev–Trinajstić information content (AvgIpc) is 2.65. The largest absolute Gasteiger partial charge is 0.495 e. The number of aromatic nitrogens is 2. The van der Waals surface area contributed by atoms with Crippen LogP contribution in [0, 0.1) is 6.92 Å². The summed E-state index contributed by atoms with van der Waals surface area (Å²) in [5.41, 5.74) is 1.71. The SMILES string of the molecule is COc1cc(Cl)c(C)cc1NC(=O)c1cc(NC2CCCCC2)ncn1. The van der Waals surface area contributed by atoms with Crippen LogP contribution in [0.5, 0.6) is 5.75 Å². The van der Waals surface area contributed by atoms with Gasteiger partial charge in [0.05, 0.1) is 12.8 Å². The van der Waals surface area contributed by atoms with Crippen molar-refractivity contribution in [3.63, 3.8) is 0 Å². The van der Waals surface area contributed by atoms with Crippen molar-refractivity contribution in [3.8, 4) is 5.75 Å². The molecule has 0 saturated heterocycles. The number of nitrogens with zero attached hydrogens (tertiary/aromatic N) is 2. The fourth-order valence-corrected chi connectivity index (χ4v) is 3.29. The number of aryl methyl sites for hydroxylation is 1. The van der Waals surface area contributed by atoms with Crippen molar-refractivity contribution >= 4 is 29.0 Å². The van der Waals surface area contributed by atoms with E-state index in [1.54, 1.807) is 18.2 Å². The molecule has 3 rings (SSSR count). The lowest BCUT2D eigenvalue weighted by molar-refractivity contribution is 0.102. The molecule has 1 aromatic heterocycles. The van der Waals surface area contributed by atoms with Crippen molar-refractivity contribution in [1.29, 1.82) is 0 Å². The zero-order chi connectivity index (χ0) is 18.5. The number of carbonyl (C=O) groups is 1. The standard InChI is InChI=1S/C19H23ClN4O2/c1-12-8-15(17(26-2)9-14(12)20)24-19(25)16-10-18(22-11-21-16)23-13-6-4-3-5-7-13/h8-11,13H,3-7H2,1-2H3,(H,24,25)(H,21,22,23). The first kappa shape index (κ1) is 18.5. The molecule has 7 heteroatoms. The van der Waals surface area contributed by atoms with Crippen LogP contribution in [-0.4, -0.2) is 29.0 Å². The van der Waals surface area contributed by atoms with Gasteiger partial charge in [-0.25, -0.2) is 9.97 Å². The third-order valence-electron chi connectivity index (χ3n) is 4.59. The number of amides is 1. The molecule has 6 nitrogen and oxygen atoms in total. The molecule has 2 N–H and O–H groups in total. The summed E-state index contributed by atoms with van der Waals surface area (Å²) < 4.78 is 5.30. The average molecular weight is 375 g/mol. The van der Waals surface area contributed by atoms with E-state index in [0.717, 1.165) is 18.4 Å². The van der Waals surface area contributed by atoms with Gasteiger partial charge in [-0.2, -0.15) is 0 Å². The molecule has 0 aliphatic heterocycles. The van der Waals surface area contributed by atoms with Crippen molar-refractivity contribution in [2.24, 2.45) is 0 Å². The van der Waals surface area contributed by atoms with Gasteiger partial charge in [0.2, 0.25) is 0 Å². The summed E-state index contributed by atoms with van der Waals surface area (Å²) >= 11 is 6.11. The summed E-state index contributed by atoms with van der Waals surface area (Å²) in [5.74, 6) is 0.860. The molecule has 2 aromatic rings. The number of rotatable bonds is 5. The van der Waals surface area contributed by atoms with Crippen LogP contribution in [0.4, 0.5) is 11.5 Å². The summed E-state index contributed by atoms with van der Waals surface area (Å²) in [6, 6.07) is 5.55. The molecule has 1 saturated carbocycles. The van der Waals surface area contributed by atoms with Gasteiger partial charge in [0.15, 0.2) is 0 Å². The summed E-state index contributed by atoms with van der Waals surface area (Å²) in [6.45, 7) is 1.87. The molecule has 1 heterocycles. The van der Waals surface area contributed by atoms with Gasteiger partial charge in [-0.3, -0.25) is 4.79 Å². The maximum Gasteiger partial charge on any atom is 0.274 e. The summed E-state index contributed by atoms with van der Waals surface area (Å²) in [5, 5.41) is 6.83. The van der Waals surface area contributed by atoms with Crippen molar-refractivity contribution in [2.75, 3.05) is 17.7 Å². The summed E-state index contributed by atoms with van der Waals surface area (Å²) in [6.07, 6.45) is 7.42. The molecule has 0 atom stereocenters. The molecule has 0 spiro atoms. The topological polar surface area (TPSA) is 76.1 Å². The van der Waals surface area contributed by atoms with Gasteiger partial charge >= 0.3 is 0 Å². The molecule has 0 unspecified atom stereocenters. The second-order valence-electron chi connectivity index (χ2n) is 6.52. The van der Waals surface area contributed by atoms with E-state index in [4.69, 9.17) is 16.3 Å². The Morgan fingerprint density at radius 2 is 1.96 bits per heavy atom. The number of halogens is 1. The smallest absolute Gasteiger partial charge is 0.274 e. The first-order valence-electron chi connectivity index (χ1n) is 8.81. The lowest BCUT2D eigenvalue weighted by atomic mass is 9.95. The molecule has 1 amide bonds. The van der Waals surface area contributed by atoms with E-state index in [-0.39, 0.29) is 5.91 Å². The Labute approximate surface area is 158 Å². The number of ether oxygens (including phenoxy) is 1. The minimum absolute atomic E-state index is 0.299. The first-order chi connectivity index (χ1) is 12.6. The van der Waals surface area contributed by atoms with Gasteiger partial charge < -0.3 is 15.4 Å². The Morgan fingerprint density at radius 3 is 2.69 bits per heavy atom. The van der Waals surface area contributed by atoms with E-state index in [1.165, 1.54) is 32.7 Å². The minimum atomic E-state index is -0.320. The molecule has 1 aliphatic rings. The predicted molar refractivity (Wildman–Crippen MR) is 103 cm³/mol. The monoisotopic (exact) mass is 374 g/mol. The third-order valence-corrected chi connectivity index (χ3v) is 4.99. The van der Waals surface area contributed by atoms with E-state index in [2.05, 4.69) is 20.6 Å². The molecule has 0 bridgehead atoms. The normalized spacial score (nSPS) is 14.7. The highest BCUT2D eigenvalue weighted by Crippen LogP contribution is 2.31. The number of hydrogen-bond donors (Lipinski definition) is 2. The van der Waals surface area contributed by atoms with Gasteiger partial charge in [0.25, 0.3) is 5.91 Å². The van der Waals surface area contributed by atoms with Crippen molar-refractivity contribution in [2.45, 2.75) is 45.1 Å². The molecular weight excluding hydrogens is 352 g/mol. The van der Waals surface area contributed by atoms with E-state index in [1.807, 2.05) is 6.92 Å². The number of methoxy groups -OCH3 is 1. The summed E-state index contributed by atoms with van der Waals surface area (Å²) in [4.78, 5) is 20.9. The molecule has 1 aliphatic carbocycles. The summed E-state index contributed by atoms with van der Waals surface area (Å²) in [7, 11) is 1.54. The van der Waals surface area contributed by atoms with Crippen LogP contribution in [0.15, 0.2) is 24.5 Å².